The Balaban J connectivity index is 1.90. The van der Waals surface area contributed by atoms with Gasteiger partial charge in [-0.05, 0) is 39.0 Å². The lowest BCUT2D eigenvalue weighted by molar-refractivity contribution is -0.120. The second kappa shape index (κ2) is 6.02. The van der Waals surface area contributed by atoms with Crippen LogP contribution in [0.15, 0.2) is 40.2 Å². The number of carbonyl (C=O) groups is 1. The minimum absolute atomic E-state index is 0.0202. The Labute approximate surface area is 118 Å². The zero-order valence-electron chi connectivity index (χ0n) is 9.65. The van der Waals surface area contributed by atoms with Crippen molar-refractivity contribution in [1.29, 1.82) is 0 Å². The number of amides is 1. The van der Waals surface area contributed by atoms with Crippen LogP contribution in [0.3, 0.4) is 0 Å². The fourth-order valence-electron chi connectivity index (χ4n) is 1.56. The van der Waals surface area contributed by atoms with Crippen molar-refractivity contribution in [3.8, 4) is 0 Å². The summed E-state index contributed by atoms with van der Waals surface area (Å²) in [5.74, 6) is -0.0202. The van der Waals surface area contributed by atoms with Gasteiger partial charge in [-0.3, -0.25) is 4.79 Å². The number of carbonyl (C=O) groups excluding carboxylic acids is 1. The summed E-state index contributed by atoms with van der Waals surface area (Å²) in [7, 11) is 0. The molecule has 0 saturated heterocycles. The third-order valence-electron chi connectivity index (χ3n) is 2.54. The van der Waals surface area contributed by atoms with Gasteiger partial charge in [-0.15, -0.1) is 11.3 Å². The average Bonchev–Trinajstić information content (AvgIpc) is 2.75. The number of nitrogen functional groups attached to an aromatic ring is 1. The maximum absolute atomic E-state index is 11.8. The first-order valence-electron chi connectivity index (χ1n) is 5.49. The first-order valence-corrected chi connectivity index (χ1v) is 7.16. The second-order valence-corrected chi connectivity index (χ2v) is 5.70. The highest BCUT2D eigenvalue weighted by Gasteiger charge is 2.07. The number of anilines is 1. The molecule has 3 nitrogen and oxygen atoms in total. The number of para-hydroxylation sites is 1. The molecule has 1 heterocycles. The van der Waals surface area contributed by atoms with Crippen LogP contribution in [-0.4, -0.2) is 5.91 Å². The number of benzene rings is 1. The summed E-state index contributed by atoms with van der Waals surface area (Å²) in [5, 5.41) is 4.87. The molecule has 0 atom stereocenters. The van der Waals surface area contributed by atoms with Gasteiger partial charge in [0, 0.05) is 15.0 Å². The van der Waals surface area contributed by atoms with Crippen molar-refractivity contribution in [3.63, 3.8) is 0 Å². The van der Waals surface area contributed by atoms with Crippen LogP contribution in [0, 0.1) is 0 Å². The Hall–Kier alpha value is -1.33. The van der Waals surface area contributed by atoms with Gasteiger partial charge >= 0.3 is 0 Å². The predicted octanol–water partition coefficient (Wildman–Crippen LogP) is 2.95. The molecule has 1 aromatic heterocycles. The highest BCUT2D eigenvalue weighted by Crippen LogP contribution is 2.22. The Bertz CT molecular complexity index is 553. The lowest BCUT2D eigenvalue weighted by Crippen LogP contribution is -2.24. The van der Waals surface area contributed by atoms with Crippen LogP contribution in [0.2, 0.25) is 0 Å². The lowest BCUT2D eigenvalue weighted by atomic mass is 10.1. The maximum atomic E-state index is 11.8. The molecule has 2 rings (SSSR count). The summed E-state index contributed by atoms with van der Waals surface area (Å²) in [5.41, 5.74) is 7.32. The van der Waals surface area contributed by atoms with Crippen LogP contribution in [0.1, 0.15) is 10.4 Å². The molecule has 94 valence electrons. The van der Waals surface area contributed by atoms with Gasteiger partial charge in [-0.1, -0.05) is 18.2 Å². The Morgan fingerprint density at radius 3 is 2.78 bits per heavy atom. The lowest BCUT2D eigenvalue weighted by Gasteiger charge is -2.06. The largest absolute Gasteiger partial charge is 0.398 e. The molecule has 0 radical (unpaired) electrons. The SMILES string of the molecule is Nc1ccccc1CC(=O)NCc1sccc1Br. The van der Waals surface area contributed by atoms with Gasteiger partial charge in [0.05, 0.1) is 13.0 Å². The van der Waals surface area contributed by atoms with Gasteiger partial charge in [0.25, 0.3) is 0 Å². The zero-order valence-corrected chi connectivity index (χ0v) is 12.1. The Morgan fingerprint density at radius 1 is 1.33 bits per heavy atom. The van der Waals surface area contributed by atoms with E-state index in [2.05, 4.69) is 21.2 Å². The summed E-state index contributed by atoms with van der Waals surface area (Å²) in [4.78, 5) is 12.9. The fraction of sp³-hybridized carbons (Fsp3) is 0.154. The van der Waals surface area contributed by atoms with Crippen molar-refractivity contribution < 1.29 is 4.79 Å². The fourth-order valence-corrected chi connectivity index (χ4v) is 2.99. The summed E-state index contributed by atoms with van der Waals surface area (Å²) in [6.07, 6.45) is 0.315. The van der Waals surface area contributed by atoms with Crippen molar-refractivity contribution in [2.75, 3.05) is 5.73 Å². The van der Waals surface area contributed by atoms with Gasteiger partial charge < -0.3 is 11.1 Å². The number of nitrogens with two attached hydrogens (primary N) is 1. The summed E-state index contributed by atoms with van der Waals surface area (Å²) in [6.45, 7) is 0.545. The molecule has 0 aliphatic heterocycles. The molecule has 0 unspecified atom stereocenters. The van der Waals surface area contributed by atoms with Gasteiger partial charge in [-0.2, -0.15) is 0 Å². The molecule has 5 heteroatoms. The number of hydrogen-bond acceptors (Lipinski definition) is 3. The van der Waals surface area contributed by atoms with Crippen LogP contribution in [-0.2, 0) is 17.8 Å². The normalized spacial score (nSPS) is 10.3. The van der Waals surface area contributed by atoms with E-state index in [4.69, 9.17) is 5.73 Å². The number of halogens is 1. The van der Waals surface area contributed by atoms with Crippen LogP contribution < -0.4 is 11.1 Å². The minimum atomic E-state index is -0.0202. The van der Waals surface area contributed by atoms with E-state index >= 15 is 0 Å². The van der Waals surface area contributed by atoms with Crippen LogP contribution in [0.25, 0.3) is 0 Å². The van der Waals surface area contributed by atoms with Gasteiger partial charge in [0.2, 0.25) is 5.91 Å². The number of nitrogens with one attached hydrogen (secondary N) is 1. The molecule has 0 saturated carbocycles. The topological polar surface area (TPSA) is 55.1 Å². The molecule has 3 N–H and O–H groups in total. The van der Waals surface area contributed by atoms with Crippen LogP contribution in [0.4, 0.5) is 5.69 Å². The maximum Gasteiger partial charge on any atom is 0.224 e. The first-order chi connectivity index (χ1) is 8.66. The van der Waals surface area contributed by atoms with E-state index in [0.717, 1.165) is 14.9 Å². The molecule has 0 aliphatic rings. The second-order valence-electron chi connectivity index (χ2n) is 3.84. The van der Waals surface area contributed by atoms with E-state index in [-0.39, 0.29) is 5.91 Å². The number of thiophene rings is 1. The molecule has 0 spiro atoms. The van der Waals surface area contributed by atoms with E-state index in [0.29, 0.717) is 18.7 Å². The Morgan fingerprint density at radius 2 is 2.11 bits per heavy atom. The number of rotatable bonds is 4. The van der Waals surface area contributed by atoms with Crippen molar-refractivity contribution in [3.05, 3.63) is 50.6 Å². The highest BCUT2D eigenvalue weighted by atomic mass is 79.9. The predicted molar refractivity (Wildman–Crippen MR) is 78.4 cm³/mol. The molecule has 0 bridgehead atoms. The third kappa shape index (κ3) is 3.34. The van der Waals surface area contributed by atoms with Crippen molar-refractivity contribution in [2.45, 2.75) is 13.0 Å². The first kappa shape index (κ1) is 13.1. The monoisotopic (exact) mass is 324 g/mol. The number of hydrogen-bond donors (Lipinski definition) is 2. The molecule has 0 fully saturated rings. The molecular formula is C13H13BrN2OS. The smallest absolute Gasteiger partial charge is 0.224 e. The van der Waals surface area contributed by atoms with E-state index < -0.39 is 0 Å². The van der Waals surface area contributed by atoms with Gasteiger partial charge in [-0.25, -0.2) is 0 Å². The molecule has 1 amide bonds. The van der Waals surface area contributed by atoms with Crippen LogP contribution >= 0.6 is 27.3 Å². The molecule has 1 aromatic carbocycles. The van der Waals surface area contributed by atoms with E-state index in [9.17, 15) is 4.79 Å². The van der Waals surface area contributed by atoms with E-state index in [1.54, 1.807) is 17.4 Å². The van der Waals surface area contributed by atoms with Crippen molar-refractivity contribution in [1.82, 2.24) is 5.32 Å². The third-order valence-corrected chi connectivity index (χ3v) is 4.47. The standard InChI is InChI=1S/C13H13BrN2OS/c14-10-5-6-18-12(10)8-16-13(17)7-9-3-1-2-4-11(9)15/h1-6H,7-8,15H2,(H,16,17). The van der Waals surface area contributed by atoms with E-state index in [1.165, 1.54) is 0 Å². The average molecular weight is 325 g/mol. The van der Waals surface area contributed by atoms with Gasteiger partial charge in [0.15, 0.2) is 0 Å². The summed E-state index contributed by atoms with van der Waals surface area (Å²) >= 11 is 5.05. The van der Waals surface area contributed by atoms with Gasteiger partial charge in [0.1, 0.15) is 0 Å². The molecule has 18 heavy (non-hydrogen) atoms. The Kier molecular flexibility index (Phi) is 4.38. The highest BCUT2D eigenvalue weighted by molar-refractivity contribution is 9.10. The quantitative estimate of drug-likeness (QED) is 0.849. The van der Waals surface area contributed by atoms with Crippen molar-refractivity contribution >= 4 is 38.9 Å². The summed E-state index contributed by atoms with van der Waals surface area (Å²) < 4.78 is 1.03. The zero-order chi connectivity index (χ0) is 13.0. The van der Waals surface area contributed by atoms with Crippen molar-refractivity contribution in [2.24, 2.45) is 0 Å². The molecule has 0 aliphatic carbocycles. The minimum Gasteiger partial charge on any atom is -0.398 e. The molecular weight excluding hydrogens is 312 g/mol. The summed E-state index contributed by atoms with van der Waals surface area (Å²) in [6, 6.07) is 9.39. The van der Waals surface area contributed by atoms with Crippen LogP contribution in [0.5, 0.6) is 0 Å². The molecule has 2 aromatic rings. The van der Waals surface area contributed by atoms with E-state index in [1.807, 2.05) is 29.6 Å².